The van der Waals surface area contributed by atoms with Crippen LogP contribution in [0.5, 0.6) is 0 Å². The molecule has 6 heteroatoms. The number of amides is 2. The van der Waals surface area contributed by atoms with Gasteiger partial charge < -0.3 is 9.80 Å². The molecule has 6 nitrogen and oxygen atoms in total. The minimum atomic E-state index is -0.164. The standard InChI is InChI=1S/C14H16N4O2/c15-5-4-13(19)17-7-2-8-18(10-9-17)14(20)12-3-1-6-16-11-12/h1,3,6,11H,2,4,7-10H2. The van der Waals surface area contributed by atoms with Gasteiger partial charge in [0, 0.05) is 38.6 Å². The molecule has 0 saturated carbocycles. The number of aromatic nitrogens is 1. The van der Waals surface area contributed by atoms with Crippen LogP contribution in [-0.4, -0.2) is 52.8 Å². The summed E-state index contributed by atoms with van der Waals surface area (Å²) in [6, 6.07) is 5.33. The number of carbonyl (C=O) groups excluding carboxylic acids is 2. The van der Waals surface area contributed by atoms with E-state index >= 15 is 0 Å². The maximum Gasteiger partial charge on any atom is 0.255 e. The minimum Gasteiger partial charge on any atom is -0.340 e. The van der Waals surface area contributed by atoms with E-state index < -0.39 is 0 Å². The van der Waals surface area contributed by atoms with E-state index in [1.807, 2.05) is 6.07 Å². The molecule has 0 bridgehead atoms. The summed E-state index contributed by atoms with van der Waals surface area (Å²) in [6.07, 6.45) is 3.80. The van der Waals surface area contributed by atoms with E-state index in [4.69, 9.17) is 5.26 Å². The van der Waals surface area contributed by atoms with Crippen molar-refractivity contribution in [1.29, 1.82) is 5.26 Å². The first-order valence-corrected chi connectivity index (χ1v) is 6.56. The Morgan fingerprint density at radius 1 is 1.25 bits per heavy atom. The van der Waals surface area contributed by atoms with E-state index in [-0.39, 0.29) is 18.2 Å². The highest BCUT2D eigenvalue weighted by Gasteiger charge is 2.22. The Labute approximate surface area is 117 Å². The van der Waals surface area contributed by atoms with Gasteiger partial charge >= 0.3 is 0 Å². The summed E-state index contributed by atoms with van der Waals surface area (Å²) in [5.74, 6) is -0.226. The Morgan fingerprint density at radius 2 is 2.00 bits per heavy atom. The van der Waals surface area contributed by atoms with Crippen molar-refractivity contribution < 1.29 is 9.59 Å². The Hall–Kier alpha value is -2.42. The molecule has 104 valence electrons. The topological polar surface area (TPSA) is 77.3 Å². The van der Waals surface area contributed by atoms with Crippen molar-refractivity contribution in [2.75, 3.05) is 26.2 Å². The van der Waals surface area contributed by atoms with Gasteiger partial charge in [-0.05, 0) is 18.6 Å². The fourth-order valence-corrected chi connectivity index (χ4v) is 2.22. The molecule has 1 aliphatic heterocycles. The second-order valence-corrected chi connectivity index (χ2v) is 4.60. The van der Waals surface area contributed by atoms with Gasteiger partial charge in [-0.3, -0.25) is 14.6 Å². The fourth-order valence-electron chi connectivity index (χ4n) is 2.22. The van der Waals surface area contributed by atoms with Crippen LogP contribution >= 0.6 is 0 Å². The van der Waals surface area contributed by atoms with Crippen molar-refractivity contribution >= 4 is 11.8 Å². The maximum atomic E-state index is 12.3. The highest BCUT2D eigenvalue weighted by Crippen LogP contribution is 2.09. The van der Waals surface area contributed by atoms with Crippen molar-refractivity contribution in [3.8, 4) is 6.07 Å². The van der Waals surface area contributed by atoms with Crippen molar-refractivity contribution in [1.82, 2.24) is 14.8 Å². The first-order chi connectivity index (χ1) is 9.72. The molecule has 0 radical (unpaired) electrons. The van der Waals surface area contributed by atoms with Crippen LogP contribution in [0.4, 0.5) is 0 Å². The maximum absolute atomic E-state index is 12.3. The molecular formula is C14H16N4O2. The number of carbonyl (C=O) groups is 2. The lowest BCUT2D eigenvalue weighted by atomic mass is 10.2. The highest BCUT2D eigenvalue weighted by atomic mass is 16.2. The lowest BCUT2D eigenvalue weighted by Gasteiger charge is -2.21. The Balaban J connectivity index is 1.98. The zero-order chi connectivity index (χ0) is 14.4. The van der Waals surface area contributed by atoms with Crippen LogP contribution in [0.2, 0.25) is 0 Å². The number of nitriles is 1. The molecule has 2 amide bonds. The smallest absolute Gasteiger partial charge is 0.255 e. The summed E-state index contributed by atoms with van der Waals surface area (Å²) in [5, 5.41) is 8.56. The van der Waals surface area contributed by atoms with Crippen molar-refractivity contribution in [2.24, 2.45) is 0 Å². The molecule has 1 aliphatic rings. The van der Waals surface area contributed by atoms with Gasteiger partial charge in [0.05, 0.1) is 11.6 Å². The van der Waals surface area contributed by atoms with Crippen LogP contribution in [0.25, 0.3) is 0 Å². The average molecular weight is 272 g/mol. The van der Waals surface area contributed by atoms with Gasteiger partial charge in [0.1, 0.15) is 6.42 Å². The molecule has 1 aromatic heterocycles. The van der Waals surface area contributed by atoms with Crippen molar-refractivity contribution in [3.63, 3.8) is 0 Å². The molecule has 20 heavy (non-hydrogen) atoms. The molecule has 2 heterocycles. The van der Waals surface area contributed by atoms with Crippen molar-refractivity contribution in [2.45, 2.75) is 12.8 Å². The predicted molar refractivity (Wildman–Crippen MR) is 71.6 cm³/mol. The molecule has 0 N–H and O–H groups in total. The molecule has 1 fully saturated rings. The van der Waals surface area contributed by atoms with Crippen LogP contribution in [0.1, 0.15) is 23.2 Å². The number of hydrogen-bond acceptors (Lipinski definition) is 4. The van der Waals surface area contributed by atoms with E-state index in [2.05, 4.69) is 4.98 Å². The third-order valence-electron chi connectivity index (χ3n) is 3.27. The SMILES string of the molecule is N#CCC(=O)N1CCCN(C(=O)c2cccnc2)CC1. The van der Waals surface area contributed by atoms with Gasteiger partial charge in [-0.2, -0.15) is 5.26 Å². The van der Waals surface area contributed by atoms with E-state index in [1.165, 1.54) is 0 Å². The number of nitrogens with zero attached hydrogens (tertiary/aromatic N) is 4. The summed E-state index contributed by atoms with van der Waals surface area (Å²) in [5.41, 5.74) is 0.560. The zero-order valence-corrected chi connectivity index (χ0v) is 11.2. The molecule has 0 aromatic carbocycles. The quantitative estimate of drug-likeness (QED) is 0.792. The fraction of sp³-hybridized carbons (Fsp3) is 0.429. The number of hydrogen-bond donors (Lipinski definition) is 0. The third-order valence-corrected chi connectivity index (χ3v) is 3.27. The molecule has 1 aromatic rings. The van der Waals surface area contributed by atoms with E-state index in [9.17, 15) is 9.59 Å². The normalized spacial score (nSPS) is 15.3. The van der Waals surface area contributed by atoms with Gasteiger partial charge in [-0.1, -0.05) is 0 Å². The Bertz CT molecular complexity index is 524. The van der Waals surface area contributed by atoms with Crippen LogP contribution in [0.15, 0.2) is 24.5 Å². The molecular weight excluding hydrogens is 256 g/mol. The Kier molecular flexibility index (Phi) is 4.66. The molecule has 0 spiro atoms. The van der Waals surface area contributed by atoms with Gasteiger partial charge in [0.15, 0.2) is 0 Å². The van der Waals surface area contributed by atoms with Gasteiger partial charge in [-0.25, -0.2) is 0 Å². The second-order valence-electron chi connectivity index (χ2n) is 4.60. The molecule has 0 aliphatic carbocycles. The third kappa shape index (κ3) is 3.32. The average Bonchev–Trinajstić information content (AvgIpc) is 2.73. The summed E-state index contributed by atoms with van der Waals surface area (Å²) in [6.45, 7) is 2.18. The van der Waals surface area contributed by atoms with Crippen molar-refractivity contribution in [3.05, 3.63) is 30.1 Å². The molecule has 1 saturated heterocycles. The second kappa shape index (κ2) is 6.66. The van der Waals surface area contributed by atoms with E-state index in [0.29, 0.717) is 31.7 Å². The summed E-state index contributed by atoms with van der Waals surface area (Å²) < 4.78 is 0. The largest absolute Gasteiger partial charge is 0.340 e. The van der Waals surface area contributed by atoms with Crippen LogP contribution < -0.4 is 0 Å². The lowest BCUT2D eigenvalue weighted by molar-refractivity contribution is -0.129. The number of pyridine rings is 1. The Morgan fingerprint density at radius 3 is 2.70 bits per heavy atom. The first kappa shape index (κ1) is 14.0. The molecule has 0 atom stereocenters. The molecule has 2 rings (SSSR count). The van der Waals surface area contributed by atoms with E-state index in [0.717, 1.165) is 6.42 Å². The minimum absolute atomic E-state index is 0.0623. The zero-order valence-electron chi connectivity index (χ0n) is 11.2. The monoisotopic (exact) mass is 272 g/mol. The predicted octanol–water partition coefficient (Wildman–Crippen LogP) is 0.670. The summed E-state index contributed by atoms with van der Waals surface area (Å²) in [4.78, 5) is 31.3. The summed E-state index contributed by atoms with van der Waals surface area (Å²) in [7, 11) is 0. The van der Waals surface area contributed by atoms with Crippen LogP contribution in [-0.2, 0) is 4.79 Å². The van der Waals surface area contributed by atoms with E-state index in [1.54, 1.807) is 34.3 Å². The lowest BCUT2D eigenvalue weighted by Crippen LogP contribution is -2.37. The van der Waals surface area contributed by atoms with Crippen LogP contribution in [0, 0.1) is 11.3 Å². The van der Waals surface area contributed by atoms with Gasteiger partial charge in [-0.15, -0.1) is 0 Å². The first-order valence-electron chi connectivity index (χ1n) is 6.56. The van der Waals surface area contributed by atoms with Gasteiger partial charge in [0.25, 0.3) is 5.91 Å². The summed E-state index contributed by atoms with van der Waals surface area (Å²) >= 11 is 0. The molecule has 0 unspecified atom stereocenters. The van der Waals surface area contributed by atoms with Crippen LogP contribution in [0.3, 0.4) is 0 Å². The highest BCUT2D eigenvalue weighted by molar-refractivity contribution is 5.94. The number of rotatable bonds is 2. The van der Waals surface area contributed by atoms with Gasteiger partial charge in [0.2, 0.25) is 5.91 Å².